The number of allylic oxidation sites excluding steroid dienone is 12. The zero-order valence-electron chi connectivity index (χ0n) is 44.7. The Bertz CT molecular complexity index is 3800. The van der Waals surface area contributed by atoms with Crippen LogP contribution in [0, 0.1) is 11.8 Å². The first-order valence-corrected chi connectivity index (χ1v) is 26.6. The van der Waals surface area contributed by atoms with Crippen molar-refractivity contribution in [2.24, 2.45) is 26.8 Å². The third-order valence-electron chi connectivity index (χ3n) is 16.5. The highest BCUT2D eigenvalue weighted by Crippen LogP contribution is 2.43. The maximum atomic E-state index is 14.8. The molecule has 0 saturated carbocycles. The molecule has 7 aliphatic heterocycles. The number of carbonyl (C=O) groups is 3. The summed E-state index contributed by atoms with van der Waals surface area (Å²) in [5, 5.41) is 5.65. The highest BCUT2D eigenvalue weighted by atomic mass is 16.5. The molecule has 3 aromatic carbocycles. The summed E-state index contributed by atoms with van der Waals surface area (Å²) in [5.74, 6) is 1.94. The van der Waals surface area contributed by atoms with Gasteiger partial charge in [-0.2, -0.15) is 0 Å². The smallest absolute Gasteiger partial charge is 0.224 e. The molecule has 12 rings (SSSR count). The fourth-order valence-corrected chi connectivity index (χ4v) is 12.7. The minimum Gasteiger partial charge on any atom is -0.497 e. The summed E-state index contributed by atoms with van der Waals surface area (Å²) in [4.78, 5) is 66.5. The summed E-state index contributed by atoms with van der Waals surface area (Å²) in [6.45, 7) is 4.26. The molecule has 0 amide bonds. The molecule has 7 heterocycles. The molecule has 3 atom stereocenters. The molecule has 0 radical (unpaired) electrons. The number of fused-ring (bicyclic) bond motifs is 11. The van der Waals surface area contributed by atoms with Gasteiger partial charge in [0, 0.05) is 119 Å². The Morgan fingerprint density at radius 3 is 1.42 bits per heavy atom. The van der Waals surface area contributed by atoms with Crippen LogP contribution in [0.5, 0.6) is 17.2 Å². The van der Waals surface area contributed by atoms with E-state index < -0.39 is 6.04 Å². The van der Waals surface area contributed by atoms with E-state index in [1.807, 2.05) is 61.5 Å². The highest BCUT2D eigenvalue weighted by Gasteiger charge is 2.39. The summed E-state index contributed by atoms with van der Waals surface area (Å²) in [6.07, 6.45) is 13.7. The van der Waals surface area contributed by atoms with E-state index in [2.05, 4.69) is 45.1 Å². The van der Waals surface area contributed by atoms with Gasteiger partial charge in [0.1, 0.15) is 17.2 Å². The first kappa shape index (κ1) is 49.7. The van der Waals surface area contributed by atoms with Gasteiger partial charge in [0.05, 0.1) is 81.9 Å². The summed E-state index contributed by atoms with van der Waals surface area (Å²) in [6, 6.07) is 17.6. The second-order valence-electron chi connectivity index (χ2n) is 20.6. The predicted octanol–water partition coefficient (Wildman–Crippen LogP) is 4.59. The molecule has 2 aliphatic carbocycles. The number of carbonyl (C=O) groups excluding carboxylic acids is 3. The normalized spacial score (nSPS) is 22.6. The number of benzene rings is 3. The Labute approximate surface area is 446 Å². The minimum atomic E-state index is -0.473. The Morgan fingerprint density at radius 2 is 0.987 bits per heavy atom. The van der Waals surface area contributed by atoms with Gasteiger partial charge in [0.25, 0.3) is 0 Å². The Kier molecular flexibility index (Phi) is 12.9. The van der Waals surface area contributed by atoms with Crippen molar-refractivity contribution in [3.05, 3.63) is 179 Å². The topological polar surface area (TPSA) is 153 Å². The van der Waals surface area contributed by atoms with Crippen LogP contribution in [0.1, 0.15) is 51.9 Å². The van der Waals surface area contributed by atoms with Gasteiger partial charge in [-0.3, -0.25) is 14.4 Å². The molecule has 4 bridgehead atoms. The van der Waals surface area contributed by atoms with E-state index in [1.54, 1.807) is 42.7 Å². The van der Waals surface area contributed by atoms with E-state index in [0.29, 0.717) is 87.3 Å². The first-order valence-electron chi connectivity index (χ1n) is 26.6. The van der Waals surface area contributed by atoms with Gasteiger partial charge in [-0.15, -0.1) is 0 Å². The number of ketones is 3. The average Bonchev–Trinajstić information content (AvgIpc) is 4.24. The van der Waals surface area contributed by atoms with Crippen LogP contribution in [0.15, 0.2) is 163 Å². The van der Waals surface area contributed by atoms with Crippen molar-refractivity contribution in [3.8, 4) is 17.2 Å². The van der Waals surface area contributed by atoms with Crippen LogP contribution >= 0.6 is 0 Å². The number of Topliss-reactive ketones (excluding diaryl/α,β-unsaturated/α-hetero) is 3. The lowest BCUT2D eigenvalue weighted by molar-refractivity contribution is -0.118. The molecular formula is C62H62N6O9. The largest absolute Gasteiger partial charge is 0.497 e. The van der Waals surface area contributed by atoms with E-state index in [9.17, 15) is 14.4 Å². The summed E-state index contributed by atoms with van der Waals surface area (Å²) >= 11 is 0. The third kappa shape index (κ3) is 8.69. The van der Waals surface area contributed by atoms with Crippen molar-refractivity contribution < 1.29 is 42.8 Å². The number of ether oxygens (including phenoxy) is 6. The lowest BCUT2D eigenvalue weighted by Crippen LogP contribution is -2.42. The number of nitrogens with zero attached hydrogens (tertiary/aromatic N) is 6. The van der Waals surface area contributed by atoms with Crippen molar-refractivity contribution in [2.45, 2.75) is 57.9 Å². The molecule has 15 heteroatoms. The number of hydrogen-bond acceptors (Lipinski definition) is 15. The van der Waals surface area contributed by atoms with E-state index in [4.69, 9.17) is 43.4 Å². The Hall–Kier alpha value is -8.20. The van der Waals surface area contributed by atoms with Gasteiger partial charge >= 0.3 is 0 Å². The molecular weight excluding hydrogens is 973 g/mol. The van der Waals surface area contributed by atoms with E-state index in [1.165, 1.54) is 0 Å². The van der Waals surface area contributed by atoms with Gasteiger partial charge < -0.3 is 43.1 Å². The van der Waals surface area contributed by atoms with Crippen molar-refractivity contribution in [3.63, 3.8) is 0 Å². The number of rotatable bonds is 9. The Balaban J connectivity index is 1.10. The molecule has 394 valence electrons. The van der Waals surface area contributed by atoms with Crippen molar-refractivity contribution in [1.29, 1.82) is 0 Å². The van der Waals surface area contributed by atoms with E-state index in [-0.39, 0.29) is 59.4 Å². The van der Waals surface area contributed by atoms with Crippen molar-refractivity contribution in [2.75, 3.05) is 75.4 Å². The molecule has 77 heavy (non-hydrogen) atoms. The standard InChI is InChI=1S/C62H62N6O9/c1-8-54(69)55(75-5)28-38-27-52-59-46(43-13-10-40(73-3)30-49(43)64-59)16-19-67(52)33-36-21-34(25-56(76-6)61(36)70)23-51-58-45(42-12-9-39(72-2)29-48(42)63-58)15-18-66(51)32-37-22-35(26-57(77-7)62(37)71)24-53-60-47(17-20-68(38)53)44-14-11-41(74-4)31-50(44)65-60/h9-14,21-22,25-26,28-31,34-35,38H,8,15-20,23-24,27,32-33H2,1-7H3. The van der Waals surface area contributed by atoms with Crippen molar-refractivity contribution in [1.82, 2.24) is 14.7 Å². The maximum Gasteiger partial charge on any atom is 0.224 e. The average molecular weight is 1040 g/mol. The van der Waals surface area contributed by atoms with Gasteiger partial charge in [0.2, 0.25) is 11.6 Å². The monoisotopic (exact) mass is 1030 g/mol. The van der Waals surface area contributed by atoms with Crippen LogP contribution in [0.4, 0.5) is 0 Å². The Morgan fingerprint density at radius 1 is 0.558 bits per heavy atom. The zero-order chi connectivity index (χ0) is 53.2. The lowest BCUT2D eigenvalue weighted by Gasteiger charge is -2.42. The van der Waals surface area contributed by atoms with Gasteiger partial charge in [-0.1, -0.05) is 19.1 Å². The van der Waals surface area contributed by atoms with Crippen LogP contribution in [0.2, 0.25) is 0 Å². The number of methoxy groups -OCH3 is 6. The molecule has 0 fully saturated rings. The molecule has 9 aliphatic rings. The minimum absolute atomic E-state index is 0.120. The quantitative estimate of drug-likeness (QED) is 0.218. The second kappa shape index (κ2) is 20.1. The van der Waals surface area contributed by atoms with Crippen LogP contribution in [0.3, 0.4) is 0 Å². The second-order valence-corrected chi connectivity index (χ2v) is 20.6. The van der Waals surface area contributed by atoms with Gasteiger partial charge in [-0.25, -0.2) is 15.0 Å². The molecule has 0 aromatic heterocycles. The van der Waals surface area contributed by atoms with E-state index >= 15 is 0 Å². The van der Waals surface area contributed by atoms with Crippen LogP contribution in [0.25, 0.3) is 16.7 Å². The SMILES string of the molecule is CCC(=O)C(=CC1CC2=C3N=c4cc(OC)ccc4=C3CCN2CC2=CC(C=C(OC)C2=O)CC2=C3N=c4cc(OC)ccc4=C3CCN2CC2=CC(C=C(OC)C2=O)CC2=C3N=c4cc(OC)ccc4=C3CCN21)OC. The lowest BCUT2D eigenvalue weighted by atomic mass is 9.85. The van der Waals surface area contributed by atoms with Crippen LogP contribution in [-0.4, -0.2) is 113 Å². The van der Waals surface area contributed by atoms with Gasteiger partial charge in [-0.05, 0) is 103 Å². The molecule has 0 N–H and O–H groups in total. The first-order chi connectivity index (χ1) is 37.5. The predicted molar refractivity (Wildman–Crippen MR) is 288 cm³/mol. The van der Waals surface area contributed by atoms with Gasteiger partial charge in [0.15, 0.2) is 23.1 Å². The number of hydrogen-bond donors (Lipinski definition) is 0. The van der Waals surface area contributed by atoms with Crippen molar-refractivity contribution >= 4 is 34.1 Å². The molecule has 0 saturated heterocycles. The van der Waals surface area contributed by atoms with E-state index in [0.717, 1.165) is 88.4 Å². The summed E-state index contributed by atoms with van der Waals surface area (Å²) in [7, 11) is 9.64. The molecule has 15 nitrogen and oxygen atoms in total. The third-order valence-corrected chi connectivity index (χ3v) is 16.5. The fourth-order valence-electron chi connectivity index (χ4n) is 12.7. The maximum absolute atomic E-state index is 14.8. The summed E-state index contributed by atoms with van der Waals surface area (Å²) < 4.78 is 35.0. The van der Waals surface area contributed by atoms with Crippen LogP contribution in [-0.2, 0) is 28.6 Å². The summed E-state index contributed by atoms with van der Waals surface area (Å²) in [5.41, 5.74) is 10.1. The molecule has 3 unspecified atom stereocenters. The fraction of sp³-hybridized carbons (Fsp3) is 0.355. The zero-order valence-corrected chi connectivity index (χ0v) is 44.7. The highest BCUT2D eigenvalue weighted by molar-refractivity contribution is 6.09. The van der Waals surface area contributed by atoms with Crippen LogP contribution < -0.4 is 45.9 Å². The molecule has 3 aromatic rings. The molecule has 0 spiro atoms.